The van der Waals surface area contributed by atoms with Gasteiger partial charge in [0.25, 0.3) is 6.43 Å². The van der Waals surface area contributed by atoms with E-state index in [0.717, 1.165) is 0 Å². The van der Waals surface area contributed by atoms with Crippen molar-refractivity contribution in [2.75, 3.05) is 19.7 Å². The van der Waals surface area contributed by atoms with Gasteiger partial charge in [0, 0.05) is 24.3 Å². The highest BCUT2D eigenvalue weighted by Crippen LogP contribution is 2.30. The number of fused-ring (bicyclic) bond motifs is 1. The Morgan fingerprint density at radius 1 is 1.36 bits per heavy atom. The summed E-state index contributed by atoms with van der Waals surface area (Å²) in [6.45, 7) is 6.04. The summed E-state index contributed by atoms with van der Waals surface area (Å²) in [6, 6.07) is 1.35. The molecule has 0 aromatic carbocycles. The lowest BCUT2D eigenvalue weighted by Crippen LogP contribution is -2.44. The molecule has 3 heterocycles. The number of aromatic nitrogens is 3. The van der Waals surface area contributed by atoms with Gasteiger partial charge in [-0.25, -0.2) is 18.4 Å². The molecule has 3 rings (SSSR count). The maximum absolute atomic E-state index is 13.4. The van der Waals surface area contributed by atoms with Gasteiger partial charge in [0.1, 0.15) is 6.54 Å². The number of halogens is 2. The normalized spacial score (nSPS) is 17.4. The lowest BCUT2D eigenvalue weighted by molar-refractivity contribution is -0.151. The number of aryl methyl sites for hydroxylation is 2. The first-order valence-electron chi connectivity index (χ1n) is 9.39. The van der Waals surface area contributed by atoms with E-state index in [0.29, 0.717) is 43.9 Å². The van der Waals surface area contributed by atoms with Crippen LogP contribution in [-0.4, -0.2) is 51.2 Å². The van der Waals surface area contributed by atoms with Crippen molar-refractivity contribution >= 4 is 22.9 Å². The molecule has 0 aliphatic carbocycles. The Kier molecular flexibility index (Phi) is 5.90. The molecule has 1 aliphatic heterocycles. The third kappa shape index (κ3) is 3.98. The van der Waals surface area contributed by atoms with Gasteiger partial charge < -0.3 is 9.64 Å². The number of carbonyl (C=O) groups is 2. The van der Waals surface area contributed by atoms with Gasteiger partial charge in [-0.15, -0.1) is 0 Å². The van der Waals surface area contributed by atoms with Crippen molar-refractivity contribution in [3.8, 4) is 0 Å². The molecule has 1 unspecified atom stereocenters. The third-order valence-corrected chi connectivity index (χ3v) is 4.95. The summed E-state index contributed by atoms with van der Waals surface area (Å²) >= 11 is 0. The van der Waals surface area contributed by atoms with Gasteiger partial charge in [0.05, 0.1) is 23.6 Å². The van der Waals surface area contributed by atoms with Crippen LogP contribution < -0.4 is 0 Å². The minimum atomic E-state index is -2.65. The molecule has 28 heavy (non-hydrogen) atoms. The average Bonchev–Trinajstić information content (AvgIpc) is 2.96. The van der Waals surface area contributed by atoms with E-state index in [1.807, 2.05) is 0 Å². The number of hydrogen-bond acceptors (Lipinski definition) is 5. The van der Waals surface area contributed by atoms with Crippen LogP contribution in [-0.2, 0) is 20.9 Å². The fourth-order valence-corrected chi connectivity index (χ4v) is 3.68. The maximum Gasteiger partial charge on any atom is 0.310 e. The highest BCUT2D eigenvalue weighted by Gasteiger charge is 2.30. The van der Waals surface area contributed by atoms with E-state index in [2.05, 4.69) is 10.1 Å². The van der Waals surface area contributed by atoms with Gasteiger partial charge in [-0.1, -0.05) is 0 Å². The minimum absolute atomic E-state index is 0.112. The zero-order valence-corrected chi connectivity index (χ0v) is 16.2. The zero-order chi connectivity index (χ0) is 20.4. The van der Waals surface area contributed by atoms with E-state index in [1.54, 1.807) is 25.7 Å². The molecule has 2 aromatic rings. The predicted molar refractivity (Wildman–Crippen MR) is 97.9 cm³/mol. The molecule has 9 heteroatoms. The molecule has 0 saturated carbocycles. The Morgan fingerprint density at radius 3 is 2.79 bits per heavy atom. The van der Waals surface area contributed by atoms with E-state index in [1.165, 1.54) is 10.7 Å². The van der Waals surface area contributed by atoms with Crippen LogP contribution in [0.5, 0.6) is 0 Å². The molecule has 0 spiro atoms. The van der Waals surface area contributed by atoms with Crippen LogP contribution in [0.3, 0.4) is 0 Å². The highest BCUT2D eigenvalue weighted by atomic mass is 19.3. The van der Waals surface area contributed by atoms with E-state index in [9.17, 15) is 18.4 Å². The summed E-state index contributed by atoms with van der Waals surface area (Å²) in [4.78, 5) is 30.7. The minimum Gasteiger partial charge on any atom is -0.466 e. The van der Waals surface area contributed by atoms with Crippen molar-refractivity contribution in [3.63, 3.8) is 0 Å². The Morgan fingerprint density at radius 2 is 2.11 bits per heavy atom. The van der Waals surface area contributed by atoms with Crippen LogP contribution in [0.15, 0.2) is 6.07 Å². The second-order valence-electron chi connectivity index (χ2n) is 7.03. The summed E-state index contributed by atoms with van der Waals surface area (Å²) in [6.07, 6.45) is -1.25. The van der Waals surface area contributed by atoms with E-state index >= 15 is 0 Å². The van der Waals surface area contributed by atoms with Gasteiger partial charge in [-0.3, -0.25) is 9.59 Å². The summed E-state index contributed by atoms with van der Waals surface area (Å²) < 4.78 is 33.3. The number of alkyl halides is 2. The molecule has 1 fully saturated rings. The number of rotatable bonds is 5. The summed E-state index contributed by atoms with van der Waals surface area (Å²) in [5.74, 6) is -0.848. The smallest absolute Gasteiger partial charge is 0.310 e. The molecule has 1 atom stereocenters. The molecule has 2 aromatic heterocycles. The lowest BCUT2D eigenvalue weighted by atomic mass is 9.98. The van der Waals surface area contributed by atoms with Crippen molar-refractivity contribution in [1.29, 1.82) is 0 Å². The summed E-state index contributed by atoms with van der Waals surface area (Å²) in [7, 11) is 0. The number of pyridine rings is 1. The Hall–Kier alpha value is -2.58. The molecule has 1 aliphatic rings. The molecule has 152 valence electrons. The third-order valence-electron chi connectivity index (χ3n) is 4.95. The van der Waals surface area contributed by atoms with Crippen LogP contribution in [0, 0.1) is 19.8 Å². The van der Waals surface area contributed by atoms with E-state index in [4.69, 9.17) is 4.74 Å². The number of carbonyl (C=O) groups excluding carboxylic acids is 2. The first-order chi connectivity index (χ1) is 13.3. The Balaban J connectivity index is 1.83. The number of nitrogens with zero attached hydrogens (tertiary/aromatic N) is 4. The first kappa shape index (κ1) is 20.2. The van der Waals surface area contributed by atoms with Crippen molar-refractivity contribution < 1.29 is 23.1 Å². The summed E-state index contributed by atoms with van der Waals surface area (Å²) in [5, 5.41) is 4.56. The number of hydrogen-bond donors (Lipinski definition) is 0. The van der Waals surface area contributed by atoms with Crippen LogP contribution >= 0.6 is 0 Å². The fourth-order valence-electron chi connectivity index (χ4n) is 3.68. The Bertz CT molecular complexity index is 897. The molecule has 1 amide bonds. The topological polar surface area (TPSA) is 77.3 Å². The number of amides is 1. The van der Waals surface area contributed by atoms with Gasteiger partial charge in [-0.2, -0.15) is 5.10 Å². The largest absolute Gasteiger partial charge is 0.466 e. The van der Waals surface area contributed by atoms with Gasteiger partial charge in [0.2, 0.25) is 5.91 Å². The lowest BCUT2D eigenvalue weighted by Gasteiger charge is -2.31. The molecular weight excluding hydrogens is 370 g/mol. The van der Waals surface area contributed by atoms with E-state index in [-0.39, 0.29) is 40.9 Å². The van der Waals surface area contributed by atoms with Gasteiger partial charge in [0.15, 0.2) is 5.65 Å². The monoisotopic (exact) mass is 394 g/mol. The summed E-state index contributed by atoms with van der Waals surface area (Å²) in [5.41, 5.74) is 1.00. The van der Waals surface area contributed by atoms with Crippen LogP contribution in [0.2, 0.25) is 0 Å². The van der Waals surface area contributed by atoms with Crippen molar-refractivity contribution in [3.05, 3.63) is 23.0 Å². The predicted octanol–water partition coefficient (Wildman–Crippen LogP) is 2.79. The quantitative estimate of drug-likeness (QED) is 0.729. The molecule has 0 bridgehead atoms. The molecule has 0 radical (unpaired) electrons. The second kappa shape index (κ2) is 8.20. The molecular formula is C19H24F2N4O3. The zero-order valence-electron chi connectivity index (χ0n) is 16.2. The average molecular weight is 394 g/mol. The highest BCUT2D eigenvalue weighted by molar-refractivity contribution is 5.85. The molecule has 7 nitrogen and oxygen atoms in total. The fraction of sp³-hybridized carbons (Fsp3) is 0.579. The Labute approximate surface area is 161 Å². The second-order valence-corrected chi connectivity index (χ2v) is 7.03. The standard InChI is InChI=1S/C19H24F2N4O3/c1-4-28-19(27)13-6-5-7-24(9-13)15(26)10-25-18-16(12(3)23-25)14(17(20)21)8-11(2)22-18/h8,13,17H,4-7,9-10H2,1-3H3. The van der Waals surface area contributed by atoms with Gasteiger partial charge >= 0.3 is 5.97 Å². The van der Waals surface area contributed by atoms with E-state index < -0.39 is 6.43 Å². The SMILES string of the molecule is CCOC(=O)C1CCCN(C(=O)Cn2nc(C)c3c(C(F)F)cc(C)nc32)C1. The van der Waals surface area contributed by atoms with Crippen LogP contribution in [0.1, 0.15) is 43.1 Å². The molecule has 1 saturated heterocycles. The first-order valence-corrected chi connectivity index (χ1v) is 9.39. The van der Waals surface area contributed by atoms with Crippen molar-refractivity contribution in [2.24, 2.45) is 5.92 Å². The van der Waals surface area contributed by atoms with Gasteiger partial charge in [-0.05, 0) is 39.7 Å². The number of likely N-dealkylation sites (tertiary alicyclic amines) is 1. The maximum atomic E-state index is 13.4. The number of ether oxygens (including phenoxy) is 1. The number of esters is 1. The van der Waals surface area contributed by atoms with Crippen LogP contribution in [0.4, 0.5) is 8.78 Å². The number of piperidine rings is 1. The van der Waals surface area contributed by atoms with Crippen LogP contribution in [0.25, 0.3) is 11.0 Å². The molecule has 0 N–H and O–H groups in total. The van der Waals surface area contributed by atoms with Crippen molar-refractivity contribution in [1.82, 2.24) is 19.7 Å². The van der Waals surface area contributed by atoms with Crippen molar-refractivity contribution in [2.45, 2.75) is 46.6 Å².